The van der Waals surface area contributed by atoms with Gasteiger partial charge in [-0.3, -0.25) is 4.79 Å². The molecule has 0 aromatic rings. The minimum atomic E-state index is -0.0190. The number of Topliss-reactive ketones (excluding diaryl/α,β-unsaturated/α-hetero) is 1. The lowest BCUT2D eigenvalue weighted by Gasteiger charge is -2.61. The second-order valence-corrected chi connectivity index (χ2v) is 18.8. The van der Waals surface area contributed by atoms with Crippen molar-refractivity contribution in [3.8, 4) is 0 Å². The number of aliphatic hydroxyl groups is 1. The first-order valence-corrected chi connectivity index (χ1v) is 20.4. The lowest BCUT2D eigenvalue weighted by atomic mass is 9.44. The van der Waals surface area contributed by atoms with E-state index in [-0.39, 0.29) is 6.10 Å². The van der Waals surface area contributed by atoms with E-state index in [1.807, 2.05) is 14.2 Å². The van der Waals surface area contributed by atoms with Crippen LogP contribution in [0.5, 0.6) is 0 Å². The molecule has 8 aliphatic carbocycles. The molecule has 0 aromatic carbocycles. The Hall–Kier alpha value is -0.450. The largest absolute Gasteiger partial charge is 0.393 e. The van der Waals surface area contributed by atoms with E-state index in [0.29, 0.717) is 45.6 Å². The van der Waals surface area contributed by atoms with Crippen LogP contribution in [0.1, 0.15) is 156 Å². The highest BCUT2D eigenvalue weighted by atomic mass is 16.5. The van der Waals surface area contributed by atoms with Crippen LogP contribution in [0.15, 0.2) is 0 Å². The van der Waals surface area contributed by atoms with Crippen LogP contribution in [0, 0.1) is 69.0 Å². The van der Waals surface area contributed by atoms with Gasteiger partial charge in [-0.15, -0.1) is 0 Å². The lowest BCUT2D eigenvalue weighted by Crippen LogP contribution is -2.55. The van der Waals surface area contributed by atoms with Crippen molar-refractivity contribution < 1.29 is 19.4 Å². The smallest absolute Gasteiger partial charge is 0.133 e. The van der Waals surface area contributed by atoms with Crippen molar-refractivity contribution in [1.82, 2.24) is 0 Å². The van der Waals surface area contributed by atoms with Gasteiger partial charge < -0.3 is 14.6 Å². The molecule has 4 nitrogen and oxygen atoms in total. The Kier molecular flexibility index (Phi) is 9.40. The van der Waals surface area contributed by atoms with Gasteiger partial charge >= 0.3 is 0 Å². The molecule has 46 heavy (non-hydrogen) atoms. The quantitative estimate of drug-likeness (QED) is 0.333. The lowest BCUT2D eigenvalue weighted by molar-refractivity contribution is -0.148. The molecule has 0 bridgehead atoms. The molecule has 0 saturated heterocycles. The van der Waals surface area contributed by atoms with Crippen LogP contribution < -0.4 is 0 Å². The number of rotatable bonds is 4. The Morgan fingerprint density at radius 2 is 1.15 bits per heavy atom. The summed E-state index contributed by atoms with van der Waals surface area (Å²) >= 11 is 0. The van der Waals surface area contributed by atoms with Gasteiger partial charge in [-0.2, -0.15) is 0 Å². The Bertz CT molecular complexity index is 1110. The fourth-order valence-electron chi connectivity index (χ4n) is 16.0. The van der Waals surface area contributed by atoms with E-state index < -0.39 is 0 Å². The van der Waals surface area contributed by atoms with Gasteiger partial charge in [0, 0.05) is 27.1 Å². The van der Waals surface area contributed by atoms with Crippen LogP contribution in [0.3, 0.4) is 0 Å². The summed E-state index contributed by atoms with van der Waals surface area (Å²) in [4.78, 5) is 12.0. The van der Waals surface area contributed by atoms with Gasteiger partial charge in [0.05, 0.1) is 18.3 Å². The highest BCUT2D eigenvalue weighted by Crippen LogP contribution is 2.69. The molecule has 8 fully saturated rings. The molecule has 0 unspecified atom stereocenters. The normalized spacial score (nSPS) is 54.2. The van der Waals surface area contributed by atoms with Crippen molar-refractivity contribution in [1.29, 1.82) is 0 Å². The summed E-state index contributed by atoms with van der Waals surface area (Å²) in [7, 11) is 3.85. The van der Waals surface area contributed by atoms with Crippen LogP contribution in [0.2, 0.25) is 0 Å². The first kappa shape index (κ1) is 34.0. The molecule has 8 saturated carbocycles. The Morgan fingerprint density at radius 1 is 0.630 bits per heavy atom. The van der Waals surface area contributed by atoms with E-state index in [1.165, 1.54) is 103 Å². The number of carbonyl (C=O) groups excluding carboxylic acids is 1. The van der Waals surface area contributed by atoms with Crippen molar-refractivity contribution >= 4 is 5.78 Å². The average Bonchev–Trinajstić information content (AvgIpc) is 3.60. The van der Waals surface area contributed by atoms with E-state index in [2.05, 4.69) is 27.7 Å². The molecule has 0 radical (unpaired) electrons. The highest BCUT2D eigenvalue weighted by molar-refractivity contribution is 5.79. The molecular formula is C42H70O4. The van der Waals surface area contributed by atoms with Gasteiger partial charge in [0.1, 0.15) is 5.78 Å². The SMILES string of the molecule is CC[C@]12CCC(=O)C[C@@H]1CC[C@H]1[C@@H]3CC[C@H](OC)[C@@]3(C)CC[C@@H]12.CC[C@]12CC[C@@H](O)C[C@@H]1CC[C@H]1[C@@H]3CC[C@H](OC)[C@@]3(C)CC[C@@H]12. The summed E-state index contributed by atoms with van der Waals surface area (Å²) in [6.45, 7) is 9.90. The maximum atomic E-state index is 12.0. The second kappa shape index (κ2) is 12.7. The summed E-state index contributed by atoms with van der Waals surface area (Å²) in [5.74, 6) is 7.42. The third kappa shape index (κ3) is 5.00. The van der Waals surface area contributed by atoms with Crippen molar-refractivity contribution in [3.05, 3.63) is 0 Å². The molecule has 0 amide bonds. The predicted octanol–water partition coefficient (Wildman–Crippen LogP) is 9.80. The van der Waals surface area contributed by atoms with Crippen molar-refractivity contribution in [2.45, 2.75) is 174 Å². The second-order valence-electron chi connectivity index (χ2n) is 18.8. The highest BCUT2D eigenvalue weighted by Gasteiger charge is 2.62. The summed E-state index contributed by atoms with van der Waals surface area (Å²) < 4.78 is 11.8. The van der Waals surface area contributed by atoms with Crippen molar-refractivity contribution in [2.75, 3.05) is 14.2 Å². The zero-order valence-electron chi connectivity index (χ0n) is 30.7. The number of ketones is 1. The molecule has 4 heteroatoms. The minimum Gasteiger partial charge on any atom is -0.393 e. The van der Waals surface area contributed by atoms with Crippen LogP contribution in [-0.4, -0.2) is 43.4 Å². The van der Waals surface area contributed by atoms with E-state index >= 15 is 0 Å². The molecule has 0 aromatic heterocycles. The van der Waals surface area contributed by atoms with Crippen LogP contribution in [0.4, 0.5) is 0 Å². The fourth-order valence-corrected chi connectivity index (χ4v) is 16.0. The maximum absolute atomic E-state index is 12.0. The summed E-state index contributed by atoms with van der Waals surface area (Å²) in [6, 6.07) is 0. The van der Waals surface area contributed by atoms with E-state index in [0.717, 1.165) is 67.1 Å². The summed E-state index contributed by atoms with van der Waals surface area (Å²) in [6.07, 6.45) is 26.2. The molecule has 0 aliphatic heterocycles. The van der Waals surface area contributed by atoms with Crippen LogP contribution in [0.25, 0.3) is 0 Å². The third-order valence-corrected chi connectivity index (χ3v) is 18.2. The standard InChI is InChI=1S/C21H36O2.C21H34O2/c2*1-4-21-12-9-15(22)13-14(21)5-6-16-17-7-8-19(23-3)20(17,2)11-10-18(16)21/h14-19,22H,4-13H2,1-3H3;14,16-19H,4-13H2,1-3H3/t14-,15+,16-,17-,18-,19-,20-,21-;14-,16-,17-,18-,19-,20-,21-/m00/s1. The maximum Gasteiger partial charge on any atom is 0.133 e. The predicted molar refractivity (Wildman–Crippen MR) is 185 cm³/mol. The molecule has 0 heterocycles. The Morgan fingerprint density at radius 3 is 1.67 bits per heavy atom. The summed E-state index contributed by atoms with van der Waals surface area (Å²) in [5.41, 5.74) is 1.89. The van der Waals surface area contributed by atoms with E-state index in [1.54, 1.807) is 0 Å². The molecule has 8 aliphatic rings. The zero-order chi connectivity index (χ0) is 32.5. The number of hydrogen-bond donors (Lipinski definition) is 1. The molecule has 0 spiro atoms. The average molecular weight is 639 g/mol. The van der Waals surface area contributed by atoms with Gasteiger partial charge in [0.15, 0.2) is 0 Å². The van der Waals surface area contributed by atoms with Crippen molar-refractivity contribution in [2.24, 2.45) is 69.0 Å². The number of fused-ring (bicyclic) bond motifs is 10. The number of ether oxygens (including phenoxy) is 2. The zero-order valence-corrected chi connectivity index (χ0v) is 30.7. The Balaban J connectivity index is 0.000000147. The minimum absolute atomic E-state index is 0.0190. The van der Waals surface area contributed by atoms with E-state index in [4.69, 9.17) is 9.47 Å². The van der Waals surface area contributed by atoms with Crippen LogP contribution in [-0.2, 0) is 14.3 Å². The first-order chi connectivity index (χ1) is 22.1. The summed E-state index contributed by atoms with van der Waals surface area (Å²) in [5, 5.41) is 10.2. The van der Waals surface area contributed by atoms with Gasteiger partial charge in [0.2, 0.25) is 0 Å². The van der Waals surface area contributed by atoms with Crippen molar-refractivity contribution in [3.63, 3.8) is 0 Å². The van der Waals surface area contributed by atoms with Gasteiger partial charge in [-0.1, -0.05) is 27.7 Å². The first-order valence-electron chi connectivity index (χ1n) is 20.4. The topological polar surface area (TPSA) is 55.8 Å². The third-order valence-electron chi connectivity index (χ3n) is 18.2. The number of aliphatic hydroxyl groups excluding tert-OH is 1. The van der Waals surface area contributed by atoms with Crippen LogP contribution >= 0.6 is 0 Å². The van der Waals surface area contributed by atoms with Gasteiger partial charge in [-0.25, -0.2) is 0 Å². The molecular weight excluding hydrogens is 568 g/mol. The molecule has 8 rings (SSSR count). The molecule has 1 N–H and O–H groups in total. The molecule has 262 valence electrons. The number of carbonyl (C=O) groups is 1. The number of hydrogen-bond acceptors (Lipinski definition) is 4. The fraction of sp³-hybridized carbons (Fsp3) is 0.976. The Labute approximate surface area is 282 Å². The number of methoxy groups -OCH3 is 2. The van der Waals surface area contributed by atoms with Gasteiger partial charge in [-0.05, 0) is 185 Å². The van der Waals surface area contributed by atoms with E-state index in [9.17, 15) is 9.90 Å². The van der Waals surface area contributed by atoms with Gasteiger partial charge in [0.25, 0.3) is 0 Å². The molecule has 15 atom stereocenters. The monoisotopic (exact) mass is 639 g/mol.